The molecule has 0 saturated heterocycles. The van der Waals surface area contributed by atoms with Crippen LogP contribution in [-0.2, 0) is 9.53 Å². The Morgan fingerprint density at radius 2 is 1.86 bits per heavy atom. The van der Waals surface area contributed by atoms with Gasteiger partial charge in [-0.2, -0.15) is 0 Å². The van der Waals surface area contributed by atoms with Crippen LogP contribution in [-0.4, -0.2) is 13.1 Å². The molecular formula is C17H22Cl2O2. The quantitative estimate of drug-likeness (QED) is 0.530. The lowest BCUT2D eigenvalue weighted by molar-refractivity contribution is -0.143. The van der Waals surface area contributed by atoms with Gasteiger partial charge in [0.25, 0.3) is 0 Å². The predicted molar refractivity (Wildman–Crippen MR) is 87.0 cm³/mol. The molecule has 1 saturated carbocycles. The number of halogens is 2. The lowest BCUT2D eigenvalue weighted by atomic mass is 9.85. The molecule has 1 aliphatic rings. The van der Waals surface area contributed by atoms with Gasteiger partial charge in [0.2, 0.25) is 0 Å². The number of methoxy groups -OCH3 is 1. The van der Waals surface area contributed by atoms with Crippen LogP contribution in [0.25, 0.3) is 0 Å². The van der Waals surface area contributed by atoms with E-state index in [1.54, 1.807) is 12.1 Å². The highest BCUT2D eigenvalue weighted by molar-refractivity contribution is 6.42. The fourth-order valence-electron chi connectivity index (χ4n) is 3.17. The summed E-state index contributed by atoms with van der Waals surface area (Å²) in [5, 5.41) is 1.00. The normalized spacial score (nSPS) is 18.0. The second-order valence-electron chi connectivity index (χ2n) is 5.84. The van der Waals surface area contributed by atoms with Crippen molar-refractivity contribution in [2.45, 2.75) is 50.9 Å². The first kappa shape index (κ1) is 16.6. The van der Waals surface area contributed by atoms with E-state index in [1.807, 2.05) is 6.07 Å². The fourth-order valence-corrected chi connectivity index (χ4v) is 3.48. The van der Waals surface area contributed by atoms with Gasteiger partial charge in [0.15, 0.2) is 0 Å². The van der Waals surface area contributed by atoms with E-state index < -0.39 is 0 Å². The highest BCUT2D eigenvalue weighted by Crippen LogP contribution is 2.35. The number of rotatable bonds is 4. The van der Waals surface area contributed by atoms with E-state index in [1.165, 1.54) is 45.6 Å². The molecule has 116 valence electrons. The smallest absolute Gasteiger partial charge is 0.313 e. The Morgan fingerprint density at radius 3 is 2.43 bits per heavy atom. The molecule has 1 aromatic rings. The van der Waals surface area contributed by atoms with E-state index in [4.69, 9.17) is 27.9 Å². The predicted octanol–water partition coefficient (Wildman–Crippen LogP) is 5.61. The summed E-state index contributed by atoms with van der Waals surface area (Å²) in [6.07, 6.45) is 8.40. The molecule has 0 radical (unpaired) electrons. The van der Waals surface area contributed by atoms with Crippen molar-refractivity contribution in [3.63, 3.8) is 0 Å². The molecule has 0 aliphatic heterocycles. The monoisotopic (exact) mass is 328 g/mol. The minimum atomic E-state index is -0.243. The fraction of sp³-hybridized carbons (Fsp3) is 0.588. The summed E-state index contributed by atoms with van der Waals surface area (Å²) in [7, 11) is 1.44. The van der Waals surface area contributed by atoms with Crippen molar-refractivity contribution >= 4 is 29.2 Å². The Morgan fingerprint density at radius 1 is 1.19 bits per heavy atom. The second kappa shape index (κ2) is 8.05. The molecule has 1 aliphatic carbocycles. The van der Waals surface area contributed by atoms with E-state index >= 15 is 0 Å². The van der Waals surface area contributed by atoms with Gasteiger partial charge in [-0.1, -0.05) is 67.8 Å². The highest BCUT2D eigenvalue weighted by atomic mass is 35.5. The van der Waals surface area contributed by atoms with Crippen molar-refractivity contribution in [2.75, 3.05) is 7.11 Å². The summed E-state index contributed by atoms with van der Waals surface area (Å²) >= 11 is 12.1. The minimum Gasteiger partial charge on any atom is -0.469 e. The van der Waals surface area contributed by atoms with Crippen molar-refractivity contribution in [1.82, 2.24) is 0 Å². The van der Waals surface area contributed by atoms with Gasteiger partial charge in [0, 0.05) is 0 Å². The van der Waals surface area contributed by atoms with Gasteiger partial charge in [-0.05, 0) is 30.0 Å². The van der Waals surface area contributed by atoms with Crippen molar-refractivity contribution in [1.29, 1.82) is 0 Å². The molecule has 1 fully saturated rings. The molecule has 1 unspecified atom stereocenters. The molecule has 0 N–H and O–H groups in total. The van der Waals surface area contributed by atoms with Crippen LogP contribution in [0.2, 0.25) is 10.0 Å². The standard InChI is InChI=1S/C17H22Cl2O2/c1-21-17(20)14(10-12-6-4-2-3-5-7-12)13-8-9-15(18)16(19)11-13/h8-9,11-12,14H,2-7,10H2,1H3. The number of ether oxygens (including phenoxy) is 1. The van der Waals surface area contributed by atoms with Gasteiger partial charge in [0.05, 0.1) is 23.1 Å². The lowest BCUT2D eigenvalue weighted by Gasteiger charge is -2.21. The number of benzene rings is 1. The summed E-state index contributed by atoms with van der Waals surface area (Å²) in [6.45, 7) is 0. The Balaban J connectivity index is 2.17. The zero-order valence-electron chi connectivity index (χ0n) is 12.4. The van der Waals surface area contributed by atoms with Gasteiger partial charge < -0.3 is 4.74 Å². The number of carbonyl (C=O) groups excluding carboxylic acids is 1. The van der Waals surface area contributed by atoms with Crippen molar-refractivity contribution < 1.29 is 9.53 Å². The zero-order valence-corrected chi connectivity index (χ0v) is 13.9. The third-order valence-corrected chi connectivity index (χ3v) is 5.11. The van der Waals surface area contributed by atoms with Crippen LogP contribution in [0, 0.1) is 5.92 Å². The van der Waals surface area contributed by atoms with E-state index in [0.717, 1.165) is 12.0 Å². The van der Waals surface area contributed by atoms with Gasteiger partial charge in [-0.25, -0.2) is 0 Å². The Hall–Kier alpha value is -0.730. The van der Waals surface area contributed by atoms with E-state index in [0.29, 0.717) is 16.0 Å². The average molecular weight is 329 g/mol. The number of esters is 1. The van der Waals surface area contributed by atoms with Crippen LogP contribution >= 0.6 is 23.2 Å². The van der Waals surface area contributed by atoms with E-state index in [2.05, 4.69) is 0 Å². The molecule has 0 bridgehead atoms. The van der Waals surface area contributed by atoms with Crippen LogP contribution in [0.5, 0.6) is 0 Å². The lowest BCUT2D eigenvalue weighted by Crippen LogP contribution is -2.18. The first-order valence-electron chi connectivity index (χ1n) is 7.64. The van der Waals surface area contributed by atoms with Crippen LogP contribution in [0.3, 0.4) is 0 Å². The summed E-state index contributed by atoms with van der Waals surface area (Å²) in [5.41, 5.74) is 0.903. The Kier molecular flexibility index (Phi) is 6.38. The Labute approximate surface area is 136 Å². The molecule has 0 aromatic heterocycles. The zero-order chi connectivity index (χ0) is 15.2. The average Bonchev–Trinajstić information content (AvgIpc) is 2.75. The molecule has 1 aromatic carbocycles. The van der Waals surface area contributed by atoms with Crippen molar-refractivity contribution in [3.05, 3.63) is 33.8 Å². The second-order valence-corrected chi connectivity index (χ2v) is 6.66. The number of hydrogen-bond donors (Lipinski definition) is 0. The topological polar surface area (TPSA) is 26.3 Å². The molecule has 0 spiro atoms. The molecule has 1 atom stereocenters. The van der Waals surface area contributed by atoms with E-state index in [9.17, 15) is 4.79 Å². The van der Waals surface area contributed by atoms with Crippen LogP contribution in [0.4, 0.5) is 0 Å². The van der Waals surface area contributed by atoms with Crippen LogP contribution in [0.15, 0.2) is 18.2 Å². The molecule has 2 rings (SSSR count). The largest absolute Gasteiger partial charge is 0.469 e. The molecule has 4 heteroatoms. The summed E-state index contributed by atoms with van der Waals surface area (Å²) in [4.78, 5) is 12.2. The van der Waals surface area contributed by atoms with Gasteiger partial charge in [-0.15, -0.1) is 0 Å². The first-order valence-corrected chi connectivity index (χ1v) is 8.40. The molecule has 0 heterocycles. The molecule has 21 heavy (non-hydrogen) atoms. The maximum Gasteiger partial charge on any atom is 0.313 e. The summed E-state index contributed by atoms with van der Waals surface area (Å²) < 4.78 is 4.99. The summed E-state index contributed by atoms with van der Waals surface area (Å²) in [5.74, 6) is 0.163. The third-order valence-electron chi connectivity index (χ3n) is 4.38. The van der Waals surface area contributed by atoms with Crippen LogP contribution in [0.1, 0.15) is 56.4 Å². The molecule has 0 amide bonds. The van der Waals surface area contributed by atoms with E-state index in [-0.39, 0.29) is 11.9 Å². The Bertz CT molecular complexity index is 480. The number of carbonyl (C=O) groups is 1. The van der Waals surface area contributed by atoms with Gasteiger partial charge >= 0.3 is 5.97 Å². The third kappa shape index (κ3) is 4.62. The first-order chi connectivity index (χ1) is 10.1. The van der Waals surface area contributed by atoms with Crippen molar-refractivity contribution in [2.24, 2.45) is 5.92 Å². The van der Waals surface area contributed by atoms with Crippen molar-refractivity contribution in [3.8, 4) is 0 Å². The maximum absolute atomic E-state index is 12.2. The van der Waals surface area contributed by atoms with Gasteiger partial charge in [0.1, 0.15) is 0 Å². The van der Waals surface area contributed by atoms with Gasteiger partial charge in [-0.3, -0.25) is 4.79 Å². The molecule has 2 nitrogen and oxygen atoms in total. The SMILES string of the molecule is COC(=O)C(CC1CCCCCC1)c1ccc(Cl)c(Cl)c1. The molecular weight excluding hydrogens is 307 g/mol. The van der Waals surface area contributed by atoms with Crippen LogP contribution < -0.4 is 0 Å². The highest BCUT2D eigenvalue weighted by Gasteiger charge is 2.26. The summed E-state index contributed by atoms with van der Waals surface area (Å²) in [6, 6.07) is 5.43. The maximum atomic E-state index is 12.2. The minimum absolute atomic E-state index is 0.183. The number of hydrogen-bond acceptors (Lipinski definition) is 2.